The predicted octanol–water partition coefficient (Wildman–Crippen LogP) is 11.2. The minimum absolute atomic E-state index is 0.444. The molecule has 0 aromatic rings. The van der Waals surface area contributed by atoms with E-state index in [-0.39, 0.29) is 0 Å². The van der Waals surface area contributed by atoms with Crippen molar-refractivity contribution in [3.63, 3.8) is 0 Å². The van der Waals surface area contributed by atoms with Crippen LogP contribution in [0.25, 0.3) is 0 Å². The van der Waals surface area contributed by atoms with Crippen LogP contribution in [0.3, 0.4) is 0 Å². The molecule has 0 saturated carbocycles. The van der Waals surface area contributed by atoms with Gasteiger partial charge in [-0.15, -0.1) is 0 Å². The van der Waals surface area contributed by atoms with E-state index in [0.717, 1.165) is 0 Å². The molecule has 0 heterocycles. The van der Waals surface area contributed by atoms with Gasteiger partial charge in [0.15, 0.2) is 0 Å². The van der Waals surface area contributed by atoms with Crippen LogP contribution in [0.1, 0.15) is 131 Å². The first-order chi connectivity index (χ1) is 20.4. The van der Waals surface area contributed by atoms with E-state index in [0.29, 0.717) is 26.1 Å². The molecule has 0 aliphatic rings. The molecule has 0 aliphatic carbocycles. The molecule has 0 radical (unpaired) electrons. The Balaban J connectivity index is 4.55. The van der Waals surface area contributed by atoms with Crippen LogP contribution in [0.2, 0.25) is 35.5 Å². The summed E-state index contributed by atoms with van der Waals surface area (Å²) in [4.78, 5) is 0. The molecule has 2 unspecified atom stereocenters. The van der Waals surface area contributed by atoms with Gasteiger partial charge in [0.1, 0.15) is 0 Å². The zero-order chi connectivity index (χ0) is 31.4. The van der Waals surface area contributed by atoms with Gasteiger partial charge in [-0.3, -0.25) is 0 Å². The second-order valence-electron chi connectivity index (χ2n) is 13.2. The normalized spacial score (nSPS) is 14.2. The first kappa shape index (κ1) is 42.6. The maximum absolute atomic E-state index is 10.4. The van der Waals surface area contributed by atoms with E-state index in [2.05, 4.69) is 53.7 Å². The Bertz CT molecular complexity index is 542. The topological polar surface area (TPSA) is 58.9 Å². The number of ether oxygens (including phenoxy) is 2. The summed E-state index contributed by atoms with van der Waals surface area (Å²) >= 11 is -4.30. The number of aliphatic hydroxyl groups excluding tert-OH is 2. The molecule has 2 N–H and O–H groups in total. The van der Waals surface area contributed by atoms with Gasteiger partial charge in [0.25, 0.3) is 0 Å². The second-order valence-corrected chi connectivity index (χ2v) is 41.2. The summed E-state index contributed by atoms with van der Waals surface area (Å²) in [6.07, 6.45) is 23.9. The molecule has 0 aromatic carbocycles. The summed E-state index contributed by atoms with van der Waals surface area (Å²) in [6, 6.07) is 0. The van der Waals surface area contributed by atoms with E-state index in [1.165, 1.54) is 113 Å². The molecule has 0 bridgehead atoms. The van der Waals surface area contributed by atoms with Gasteiger partial charge < -0.3 is 0 Å². The third-order valence-electron chi connectivity index (χ3n) is 9.36. The van der Waals surface area contributed by atoms with Crippen molar-refractivity contribution in [3.05, 3.63) is 24.7 Å². The van der Waals surface area contributed by atoms with Gasteiger partial charge in [-0.25, -0.2) is 0 Å². The van der Waals surface area contributed by atoms with Crippen molar-refractivity contribution in [2.45, 2.75) is 179 Å². The van der Waals surface area contributed by atoms with Gasteiger partial charge in [0, 0.05) is 0 Å². The Labute approximate surface area is 271 Å². The van der Waals surface area contributed by atoms with Crippen molar-refractivity contribution in [2.24, 2.45) is 0 Å². The van der Waals surface area contributed by atoms with Crippen molar-refractivity contribution < 1.29 is 19.7 Å². The second kappa shape index (κ2) is 29.0. The van der Waals surface area contributed by atoms with Crippen molar-refractivity contribution in [3.8, 4) is 0 Å². The monoisotopic (exact) mass is 810 g/mol. The summed E-state index contributed by atoms with van der Waals surface area (Å²) in [5.74, 6) is 0. The van der Waals surface area contributed by atoms with Crippen molar-refractivity contribution in [2.75, 3.05) is 13.2 Å². The van der Waals surface area contributed by atoms with Gasteiger partial charge >= 0.3 is 273 Å². The zero-order valence-corrected chi connectivity index (χ0v) is 34.9. The fourth-order valence-corrected chi connectivity index (χ4v) is 36.4. The van der Waals surface area contributed by atoms with Crippen molar-refractivity contribution >= 4 is 36.8 Å². The maximum atomic E-state index is 10.4. The van der Waals surface area contributed by atoms with Crippen molar-refractivity contribution in [1.82, 2.24) is 0 Å². The third-order valence-corrected chi connectivity index (χ3v) is 39.9. The number of rotatable bonds is 31. The van der Waals surface area contributed by atoms with Gasteiger partial charge in [0.2, 0.25) is 0 Å². The van der Waals surface area contributed by atoms with Crippen LogP contribution in [0.15, 0.2) is 24.7 Å². The average Bonchev–Trinajstić information content (AvgIpc) is 3.01. The molecule has 0 aliphatic heterocycles. The quantitative estimate of drug-likeness (QED) is 0.0416. The van der Waals surface area contributed by atoms with Crippen LogP contribution >= 0.6 is 0 Å². The first-order valence-corrected chi connectivity index (χ1v) is 34.4. The Kier molecular flexibility index (Phi) is 29.4. The number of aliphatic hydroxyl groups is 2. The average molecular weight is 808 g/mol. The molecule has 0 amide bonds. The first-order valence-electron chi connectivity index (χ1n) is 18.3. The molecular formula is C36H74O4Sn2. The molecule has 2 atom stereocenters. The molecule has 0 spiro atoms. The van der Waals surface area contributed by atoms with E-state index in [9.17, 15) is 10.2 Å². The predicted molar refractivity (Wildman–Crippen MR) is 191 cm³/mol. The van der Waals surface area contributed by atoms with Gasteiger partial charge in [-0.05, 0) is 0 Å². The molecule has 0 aromatic heterocycles. The number of allylic oxidation sites excluding steroid dienone is 2. The molecule has 6 heteroatoms. The fourth-order valence-electron chi connectivity index (χ4n) is 6.30. The van der Waals surface area contributed by atoms with E-state index in [1.54, 1.807) is 0 Å². The van der Waals surface area contributed by atoms with Gasteiger partial charge in [-0.2, -0.15) is 0 Å². The van der Waals surface area contributed by atoms with Crippen LogP contribution in [0.4, 0.5) is 0 Å². The fraction of sp³-hybridized carbons (Fsp3) is 0.889. The molecule has 0 fully saturated rings. The van der Waals surface area contributed by atoms with Crippen LogP contribution in [0.5, 0.6) is 0 Å². The Hall–Kier alpha value is 0.597. The Morgan fingerprint density at radius 3 is 0.976 bits per heavy atom. The van der Waals surface area contributed by atoms with Crippen LogP contribution < -0.4 is 0 Å². The molecule has 42 heavy (non-hydrogen) atoms. The van der Waals surface area contributed by atoms with Gasteiger partial charge in [-0.1, -0.05) is 0 Å². The summed E-state index contributed by atoms with van der Waals surface area (Å²) in [5, 5.41) is 20.9. The Morgan fingerprint density at radius 1 is 0.476 bits per heavy atom. The van der Waals surface area contributed by atoms with Crippen LogP contribution in [-0.4, -0.2) is 72.4 Å². The van der Waals surface area contributed by atoms with E-state index >= 15 is 0 Å². The van der Waals surface area contributed by atoms with Crippen LogP contribution in [-0.2, 0) is 9.47 Å². The number of unbranched alkanes of at least 4 members (excludes halogenated alkanes) is 6. The summed E-state index contributed by atoms with van der Waals surface area (Å²) < 4.78 is 23.2. The SMILES string of the molecule is CCC[CH2][Sn]([CH2]/C=C/OCCC(O)C(O)CCO/C=C/[CH2][Sn]([CH2]CCC)([CH2]CCC)[CH2]CCC)([CH2]CCC)[CH2]CCC. The number of hydrogen-bond acceptors (Lipinski definition) is 4. The van der Waals surface area contributed by atoms with Crippen molar-refractivity contribution in [1.29, 1.82) is 0 Å². The molecule has 0 saturated heterocycles. The molecule has 250 valence electrons. The van der Waals surface area contributed by atoms with Crippen LogP contribution in [0, 0.1) is 0 Å². The zero-order valence-electron chi connectivity index (χ0n) is 29.1. The van der Waals surface area contributed by atoms with Gasteiger partial charge in [0.05, 0.1) is 0 Å². The summed E-state index contributed by atoms with van der Waals surface area (Å²) in [6.45, 7) is 14.8. The van der Waals surface area contributed by atoms with E-state index < -0.39 is 49.0 Å². The summed E-state index contributed by atoms with van der Waals surface area (Å²) in [5.41, 5.74) is 0. The molecular weight excluding hydrogens is 734 g/mol. The van der Waals surface area contributed by atoms with E-state index in [4.69, 9.17) is 9.47 Å². The van der Waals surface area contributed by atoms with E-state index in [1.807, 2.05) is 12.5 Å². The summed E-state index contributed by atoms with van der Waals surface area (Å²) in [7, 11) is 0. The molecule has 4 nitrogen and oxygen atoms in total. The molecule has 0 rings (SSSR count). The minimum atomic E-state index is -2.15. The Morgan fingerprint density at radius 2 is 0.738 bits per heavy atom. The standard InChI is InChI=1S/C12H20O4.6C4H9.2Sn/c1-3-7-15-9-5-11(13)12(14)6-10-16-8-4-2;6*1-3-4-2;;/h3-4,7-8,11-14H,1-2,5-6,9-10H2;6*1,3-4H2,2H3;;/b7-3+,8-4+;;;;;;;;. The number of hydrogen-bond donors (Lipinski definition) is 2. The third kappa shape index (κ3) is 21.4.